The van der Waals surface area contributed by atoms with Gasteiger partial charge in [0.05, 0.1) is 5.75 Å². The SMILES string of the molecule is O=C(NCc1ccc(F)cc1)c1nc(N2CCCCS2(=O)=O)c2cccnc2c1O.[Na]. The van der Waals surface area contributed by atoms with Crippen molar-refractivity contribution < 1.29 is 22.7 Å². The number of fused-ring (bicyclic) bond motifs is 1. The molecule has 1 aromatic carbocycles. The Bertz CT molecular complexity index is 1220. The van der Waals surface area contributed by atoms with Gasteiger partial charge in [0.2, 0.25) is 10.0 Å². The van der Waals surface area contributed by atoms with Crippen LogP contribution in [0.4, 0.5) is 10.2 Å². The van der Waals surface area contributed by atoms with E-state index in [-0.39, 0.29) is 65.4 Å². The van der Waals surface area contributed by atoms with Gasteiger partial charge in [0.15, 0.2) is 17.3 Å². The zero-order chi connectivity index (χ0) is 21.3. The van der Waals surface area contributed by atoms with Crippen LogP contribution in [0.2, 0.25) is 0 Å². The number of hydrogen-bond donors (Lipinski definition) is 2. The molecule has 0 saturated carbocycles. The third kappa shape index (κ3) is 4.82. The number of pyridine rings is 2. The van der Waals surface area contributed by atoms with Crippen molar-refractivity contribution in [3.8, 4) is 5.75 Å². The second-order valence-corrected chi connectivity index (χ2v) is 8.95. The molecule has 1 radical (unpaired) electrons. The zero-order valence-corrected chi connectivity index (χ0v) is 19.7. The molecule has 8 nitrogen and oxygen atoms in total. The molecule has 11 heteroatoms. The molecule has 3 aromatic rings. The van der Waals surface area contributed by atoms with Gasteiger partial charge in [0.1, 0.15) is 11.3 Å². The predicted octanol–water partition coefficient (Wildman–Crippen LogP) is 1.95. The van der Waals surface area contributed by atoms with Crippen LogP contribution in [0.3, 0.4) is 0 Å². The number of anilines is 1. The molecule has 3 heterocycles. The number of carbonyl (C=O) groups excluding carboxylic acids is 1. The van der Waals surface area contributed by atoms with E-state index in [0.717, 1.165) is 0 Å². The molecular formula is C20H19FN4NaO4S. The van der Waals surface area contributed by atoms with E-state index in [0.29, 0.717) is 23.8 Å². The molecule has 0 bridgehead atoms. The van der Waals surface area contributed by atoms with Crippen LogP contribution < -0.4 is 9.62 Å². The summed E-state index contributed by atoms with van der Waals surface area (Å²) < 4.78 is 39.4. The molecule has 1 amide bonds. The Morgan fingerprint density at radius 2 is 1.94 bits per heavy atom. The fourth-order valence-electron chi connectivity index (χ4n) is 3.35. The average molecular weight is 453 g/mol. The summed E-state index contributed by atoms with van der Waals surface area (Å²) in [5.74, 6) is -1.45. The number of nitrogens with zero attached hydrogens (tertiary/aromatic N) is 3. The maximum Gasteiger partial charge on any atom is 0.274 e. The molecule has 4 rings (SSSR count). The predicted molar refractivity (Wildman–Crippen MR) is 115 cm³/mol. The van der Waals surface area contributed by atoms with Crippen molar-refractivity contribution in [3.63, 3.8) is 0 Å². The van der Waals surface area contributed by atoms with E-state index in [1.54, 1.807) is 12.1 Å². The monoisotopic (exact) mass is 453 g/mol. The number of hydrogen-bond acceptors (Lipinski definition) is 6. The molecule has 1 aliphatic rings. The number of sulfonamides is 1. The minimum Gasteiger partial charge on any atom is -0.504 e. The van der Waals surface area contributed by atoms with Crippen LogP contribution in [0.1, 0.15) is 28.9 Å². The first-order valence-electron chi connectivity index (χ1n) is 9.37. The number of carbonyl (C=O) groups is 1. The molecule has 1 saturated heterocycles. The van der Waals surface area contributed by atoms with Crippen molar-refractivity contribution in [1.29, 1.82) is 0 Å². The molecule has 1 aliphatic heterocycles. The summed E-state index contributed by atoms with van der Waals surface area (Å²) in [6.45, 7) is 0.318. The van der Waals surface area contributed by atoms with Gasteiger partial charge in [0, 0.05) is 54.2 Å². The molecule has 0 aliphatic carbocycles. The van der Waals surface area contributed by atoms with E-state index < -0.39 is 27.5 Å². The molecule has 0 unspecified atom stereocenters. The first kappa shape index (κ1) is 23.4. The third-order valence-electron chi connectivity index (χ3n) is 4.88. The van der Waals surface area contributed by atoms with Crippen LogP contribution in [0.25, 0.3) is 10.9 Å². The summed E-state index contributed by atoms with van der Waals surface area (Å²) in [5, 5.41) is 13.6. The Kier molecular flexibility index (Phi) is 7.15. The number of benzene rings is 1. The largest absolute Gasteiger partial charge is 0.504 e. The number of halogens is 1. The Hall–Kier alpha value is -2.27. The molecule has 0 atom stereocenters. The van der Waals surface area contributed by atoms with E-state index in [9.17, 15) is 22.7 Å². The first-order chi connectivity index (χ1) is 14.4. The minimum atomic E-state index is -3.59. The first-order valence-corrected chi connectivity index (χ1v) is 11.0. The smallest absolute Gasteiger partial charge is 0.274 e. The van der Waals surface area contributed by atoms with Gasteiger partial charge in [-0.05, 0) is 42.7 Å². The normalized spacial score (nSPS) is 15.3. The van der Waals surface area contributed by atoms with Gasteiger partial charge in [-0.3, -0.25) is 14.1 Å². The summed E-state index contributed by atoms with van der Waals surface area (Å²) in [6, 6.07) is 8.81. The van der Waals surface area contributed by atoms with Crippen molar-refractivity contribution in [1.82, 2.24) is 15.3 Å². The maximum atomic E-state index is 13.0. The summed E-state index contributed by atoms with van der Waals surface area (Å²) in [5.41, 5.74) is 0.427. The summed E-state index contributed by atoms with van der Waals surface area (Å²) in [7, 11) is -3.59. The van der Waals surface area contributed by atoms with E-state index in [4.69, 9.17) is 0 Å². The van der Waals surface area contributed by atoms with Gasteiger partial charge >= 0.3 is 0 Å². The maximum absolute atomic E-state index is 13.0. The van der Waals surface area contributed by atoms with E-state index in [1.807, 2.05) is 0 Å². The third-order valence-corrected chi connectivity index (χ3v) is 6.71. The number of rotatable bonds is 4. The van der Waals surface area contributed by atoms with Crippen molar-refractivity contribution in [2.75, 3.05) is 16.6 Å². The summed E-state index contributed by atoms with van der Waals surface area (Å²) in [4.78, 5) is 21.1. The van der Waals surface area contributed by atoms with Gasteiger partial charge in [-0.25, -0.2) is 17.8 Å². The van der Waals surface area contributed by atoms with Crippen LogP contribution in [-0.4, -0.2) is 71.3 Å². The van der Waals surface area contributed by atoms with E-state index in [2.05, 4.69) is 15.3 Å². The molecule has 31 heavy (non-hydrogen) atoms. The van der Waals surface area contributed by atoms with Gasteiger partial charge in [0.25, 0.3) is 5.91 Å². The minimum absolute atomic E-state index is 0. The molecule has 1 fully saturated rings. The molecule has 2 N–H and O–H groups in total. The van der Waals surface area contributed by atoms with Crippen LogP contribution >= 0.6 is 0 Å². The van der Waals surface area contributed by atoms with Crippen LogP contribution in [0, 0.1) is 5.82 Å². The van der Waals surface area contributed by atoms with Gasteiger partial charge in [-0.2, -0.15) is 0 Å². The van der Waals surface area contributed by atoms with Gasteiger partial charge in [-0.15, -0.1) is 0 Å². The van der Waals surface area contributed by atoms with Crippen molar-refractivity contribution in [2.24, 2.45) is 0 Å². The quantitative estimate of drug-likeness (QED) is 0.584. The molecule has 157 valence electrons. The average Bonchev–Trinajstić information content (AvgIpc) is 2.74. The second-order valence-electron chi connectivity index (χ2n) is 6.94. The van der Waals surface area contributed by atoms with Crippen molar-refractivity contribution >= 4 is 62.2 Å². The van der Waals surface area contributed by atoms with Crippen LogP contribution in [-0.2, 0) is 16.6 Å². The summed E-state index contributed by atoms with van der Waals surface area (Å²) in [6.07, 6.45) is 2.66. The standard InChI is InChI=1S/C20H19FN4O4S.Na/c21-14-7-5-13(6-8-14)12-23-20(27)17-18(26)16-15(4-3-9-22-16)19(24-17)25-10-1-2-11-30(25,28)29;/h3-9,26H,1-2,10-12H2,(H,23,27);. The second kappa shape index (κ2) is 9.47. The number of nitrogens with one attached hydrogen (secondary N) is 1. The topological polar surface area (TPSA) is 112 Å². The number of amides is 1. The Morgan fingerprint density at radius 1 is 1.19 bits per heavy atom. The fraction of sp³-hybridized carbons (Fsp3) is 0.250. The number of aromatic hydroxyl groups is 1. The summed E-state index contributed by atoms with van der Waals surface area (Å²) >= 11 is 0. The van der Waals surface area contributed by atoms with Crippen molar-refractivity contribution in [3.05, 3.63) is 59.7 Å². The van der Waals surface area contributed by atoms with Gasteiger partial charge in [-0.1, -0.05) is 12.1 Å². The van der Waals surface area contributed by atoms with E-state index in [1.165, 1.54) is 34.8 Å². The van der Waals surface area contributed by atoms with E-state index >= 15 is 0 Å². The molecule has 0 spiro atoms. The Balaban J connectivity index is 0.00000272. The van der Waals surface area contributed by atoms with Gasteiger partial charge < -0.3 is 10.4 Å². The van der Waals surface area contributed by atoms with Crippen LogP contribution in [0.5, 0.6) is 5.75 Å². The molecule has 2 aromatic heterocycles. The Labute approximate surface area is 200 Å². The molecular weight excluding hydrogens is 434 g/mol. The fourth-order valence-corrected chi connectivity index (χ4v) is 4.95. The Morgan fingerprint density at radius 3 is 2.65 bits per heavy atom. The number of aromatic nitrogens is 2. The zero-order valence-electron chi connectivity index (χ0n) is 16.9. The van der Waals surface area contributed by atoms with Crippen molar-refractivity contribution in [2.45, 2.75) is 19.4 Å². The van der Waals surface area contributed by atoms with Crippen LogP contribution in [0.15, 0.2) is 42.6 Å².